The van der Waals surface area contributed by atoms with Gasteiger partial charge in [-0.15, -0.1) is 0 Å². The Balaban J connectivity index is 2.06. The van der Waals surface area contributed by atoms with E-state index in [0.717, 1.165) is 24.0 Å². The van der Waals surface area contributed by atoms with Gasteiger partial charge in [0.1, 0.15) is 17.6 Å². The highest BCUT2D eigenvalue weighted by molar-refractivity contribution is 5.32. The van der Waals surface area contributed by atoms with Gasteiger partial charge >= 0.3 is 0 Å². The van der Waals surface area contributed by atoms with Crippen molar-refractivity contribution < 1.29 is 4.42 Å². The maximum absolute atomic E-state index is 5.47. The number of nitrogens with zero attached hydrogens (tertiary/aromatic N) is 3. The van der Waals surface area contributed by atoms with Crippen LogP contribution in [0, 0.1) is 6.92 Å². The second-order valence-corrected chi connectivity index (χ2v) is 4.24. The first-order valence-electron chi connectivity index (χ1n) is 5.47. The van der Waals surface area contributed by atoms with Crippen molar-refractivity contribution in [3.63, 3.8) is 0 Å². The van der Waals surface area contributed by atoms with Crippen molar-refractivity contribution in [2.24, 2.45) is 0 Å². The molecular formula is C11H14N4O. The maximum Gasteiger partial charge on any atom is 0.222 e. The van der Waals surface area contributed by atoms with Crippen LogP contribution in [0.4, 0.5) is 5.95 Å². The average Bonchev–Trinajstić information content (AvgIpc) is 2.83. The second kappa shape index (κ2) is 3.37. The van der Waals surface area contributed by atoms with Crippen molar-refractivity contribution in [3.05, 3.63) is 30.0 Å². The van der Waals surface area contributed by atoms with Gasteiger partial charge in [0.15, 0.2) is 0 Å². The molecule has 5 heteroatoms. The van der Waals surface area contributed by atoms with Crippen LogP contribution in [-0.2, 0) is 0 Å². The van der Waals surface area contributed by atoms with Crippen molar-refractivity contribution in [1.82, 2.24) is 14.8 Å². The maximum atomic E-state index is 5.47. The SMILES string of the molecule is Cc1nc2n(n1)[C@@H](c1ccco1)C[C@H](C)N2. The fraction of sp³-hybridized carbons (Fsp3) is 0.455. The minimum atomic E-state index is 0.155. The van der Waals surface area contributed by atoms with E-state index >= 15 is 0 Å². The van der Waals surface area contributed by atoms with E-state index in [1.807, 2.05) is 23.7 Å². The molecule has 3 heterocycles. The number of hydrogen-bond acceptors (Lipinski definition) is 4. The molecule has 2 atom stereocenters. The standard InChI is InChI=1S/C11H14N4O/c1-7-6-9(10-4-3-5-16-10)15-11(12-7)13-8(2)14-15/h3-5,7,9H,6H2,1-2H3,(H,12,13,14)/t7-,9+/m0/s1. The minimum absolute atomic E-state index is 0.155. The summed E-state index contributed by atoms with van der Waals surface area (Å²) in [5.41, 5.74) is 0. The summed E-state index contributed by atoms with van der Waals surface area (Å²) < 4.78 is 7.38. The van der Waals surface area contributed by atoms with Crippen molar-refractivity contribution in [3.8, 4) is 0 Å². The highest BCUT2D eigenvalue weighted by atomic mass is 16.3. The fourth-order valence-electron chi connectivity index (χ4n) is 2.18. The van der Waals surface area contributed by atoms with Crippen LogP contribution >= 0.6 is 0 Å². The summed E-state index contributed by atoms with van der Waals surface area (Å²) in [6.45, 7) is 4.04. The van der Waals surface area contributed by atoms with E-state index in [0.29, 0.717) is 6.04 Å². The summed E-state index contributed by atoms with van der Waals surface area (Å²) >= 11 is 0. The highest BCUT2D eigenvalue weighted by Crippen LogP contribution is 2.30. The lowest BCUT2D eigenvalue weighted by Gasteiger charge is -2.27. The monoisotopic (exact) mass is 218 g/mol. The lowest BCUT2D eigenvalue weighted by Crippen LogP contribution is -2.30. The Morgan fingerprint density at radius 3 is 3.19 bits per heavy atom. The van der Waals surface area contributed by atoms with Crippen LogP contribution in [0.25, 0.3) is 0 Å². The zero-order chi connectivity index (χ0) is 11.1. The first-order chi connectivity index (χ1) is 7.74. The molecule has 0 aliphatic carbocycles. The summed E-state index contributed by atoms with van der Waals surface area (Å²) in [4.78, 5) is 4.36. The van der Waals surface area contributed by atoms with Gasteiger partial charge in [-0.3, -0.25) is 0 Å². The Morgan fingerprint density at radius 1 is 1.56 bits per heavy atom. The zero-order valence-electron chi connectivity index (χ0n) is 9.34. The predicted molar refractivity (Wildman–Crippen MR) is 59.3 cm³/mol. The lowest BCUT2D eigenvalue weighted by molar-refractivity contribution is 0.362. The number of aryl methyl sites for hydroxylation is 1. The Morgan fingerprint density at radius 2 is 2.44 bits per heavy atom. The van der Waals surface area contributed by atoms with Gasteiger partial charge in [0.05, 0.1) is 6.26 Å². The normalized spacial score (nSPS) is 23.9. The smallest absolute Gasteiger partial charge is 0.222 e. The third-order valence-corrected chi connectivity index (χ3v) is 2.86. The van der Waals surface area contributed by atoms with Crippen LogP contribution in [0.3, 0.4) is 0 Å². The molecule has 1 N–H and O–H groups in total. The number of furan rings is 1. The van der Waals surface area contributed by atoms with Gasteiger partial charge < -0.3 is 9.73 Å². The van der Waals surface area contributed by atoms with Crippen molar-refractivity contribution >= 4 is 5.95 Å². The number of hydrogen-bond donors (Lipinski definition) is 1. The third kappa shape index (κ3) is 1.39. The molecule has 0 amide bonds. The Hall–Kier alpha value is -1.78. The quantitative estimate of drug-likeness (QED) is 0.795. The molecule has 0 saturated carbocycles. The van der Waals surface area contributed by atoms with Crippen LogP contribution in [0.5, 0.6) is 0 Å². The van der Waals surface area contributed by atoms with Crippen LogP contribution in [-0.4, -0.2) is 20.8 Å². The molecule has 2 aromatic heterocycles. The summed E-state index contributed by atoms with van der Waals surface area (Å²) in [6.07, 6.45) is 2.66. The number of anilines is 1. The van der Waals surface area contributed by atoms with Gasteiger partial charge in [0.25, 0.3) is 0 Å². The molecule has 5 nitrogen and oxygen atoms in total. The molecule has 0 aromatic carbocycles. The van der Waals surface area contributed by atoms with E-state index in [4.69, 9.17) is 4.42 Å². The molecule has 0 bridgehead atoms. The highest BCUT2D eigenvalue weighted by Gasteiger charge is 2.29. The van der Waals surface area contributed by atoms with Gasteiger partial charge in [0.2, 0.25) is 5.95 Å². The van der Waals surface area contributed by atoms with Crippen LogP contribution in [0.15, 0.2) is 22.8 Å². The molecule has 0 fully saturated rings. The largest absolute Gasteiger partial charge is 0.467 e. The van der Waals surface area contributed by atoms with E-state index in [9.17, 15) is 0 Å². The van der Waals surface area contributed by atoms with Crippen molar-refractivity contribution in [2.45, 2.75) is 32.4 Å². The fourth-order valence-corrected chi connectivity index (χ4v) is 2.18. The Bertz CT molecular complexity index is 488. The van der Waals surface area contributed by atoms with Gasteiger partial charge in [-0.05, 0) is 32.4 Å². The molecule has 0 unspecified atom stereocenters. The van der Waals surface area contributed by atoms with Crippen molar-refractivity contribution in [2.75, 3.05) is 5.32 Å². The molecule has 1 aliphatic rings. The van der Waals surface area contributed by atoms with Crippen LogP contribution < -0.4 is 5.32 Å². The molecule has 1 aliphatic heterocycles. The Kier molecular flexibility index (Phi) is 1.99. The van der Waals surface area contributed by atoms with Crippen LogP contribution in [0.2, 0.25) is 0 Å². The van der Waals surface area contributed by atoms with Crippen LogP contribution in [0.1, 0.15) is 31.0 Å². The zero-order valence-corrected chi connectivity index (χ0v) is 9.34. The van der Waals surface area contributed by atoms with E-state index in [2.05, 4.69) is 22.3 Å². The molecule has 0 radical (unpaired) electrons. The summed E-state index contributed by atoms with van der Waals surface area (Å²) in [7, 11) is 0. The number of aromatic nitrogens is 3. The molecule has 0 spiro atoms. The topological polar surface area (TPSA) is 55.9 Å². The summed E-state index contributed by atoms with van der Waals surface area (Å²) in [6, 6.07) is 4.43. The number of nitrogens with one attached hydrogen (secondary N) is 1. The number of rotatable bonds is 1. The molecule has 3 rings (SSSR count). The van der Waals surface area contributed by atoms with E-state index in [1.54, 1.807) is 6.26 Å². The lowest BCUT2D eigenvalue weighted by atomic mass is 10.0. The number of fused-ring (bicyclic) bond motifs is 1. The molecule has 0 saturated heterocycles. The van der Waals surface area contributed by atoms with E-state index in [1.165, 1.54) is 0 Å². The van der Waals surface area contributed by atoms with Gasteiger partial charge in [-0.1, -0.05) is 0 Å². The molecule has 2 aromatic rings. The predicted octanol–water partition coefficient (Wildman–Crippen LogP) is 1.97. The first kappa shape index (κ1) is 9.45. The van der Waals surface area contributed by atoms with Gasteiger partial charge in [-0.2, -0.15) is 10.1 Å². The van der Waals surface area contributed by atoms with Crippen molar-refractivity contribution in [1.29, 1.82) is 0 Å². The van der Waals surface area contributed by atoms with Gasteiger partial charge in [-0.25, -0.2) is 4.68 Å². The second-order valence-electron chi connectivity index (χ2n) is 4.24. The molecular weight excluding hydrogens is 204 g/mol. The Labute approximate surface area is 93.5 Å². The third-order valence-electron chi connectivity index (χ3n) is 2.86. The summed E-state index contributed by atoms with van der Waals surface area (Å²) in [5, 5.41) is 7.73. The average molecular weight is 218 g/mol. The van der Waals surface area contributed by atoms with Gasteiger partial charge in [0, 0.05) is 6.04 Å². The van der Waals surface area contributed by atoms with E-state index < -0.39 is 0 Å². The summed E-state index contributed by atoms with van der Waals surface area (Å²) in [5.74, 6) is 2.56. The molecule has 16 heavy (non-hydrogen) atoms. The first-order valence-corrected chi connectivity index (χ1v) is 5.47. The molecule has 84 valence electrons. The minimum Gasteiger partial charge on any atom is -0.467 e. The van der Waals surface area contributed by atoms with E-state index in [-0.39, 0.29) is 6.04 Å².